The number of aryl methyl sites for hydroxylation is 2. The van der Waals surface area contributed by atoms with Crippen LogP contribution in [-0.4, -0.2) is 24.9 Å². The fourth-order valence-electron chi connectivity index (χ4n) is 2.13. The molecule has 18 heavy (non-hydrogen) atoms. The lowest BCUT2D eigenvalue weighted by molar-refractivity contribution is 0.454. The van der Waals surface area contributed by atoms with Gasteiger partial charge in [-0.3, -0.25) is 0 Å². The van der Waals surface area contributed by atoms with Crippen molar-refractivity contribution in [2.24, 2.45) is 0 Å². The standard InChI is InChI=1S/C13H12N4O/c1-8-7-11(18)15-13-12(8)9(2)16-17(13)10-5-3-4-6-14-10/h3-7H,1-2H3,(H,15,18). The molecule has 0 saturated heterocycles. The van der Waals surface area contributed by atoms with Crippen LogP contribution in [0.4, 0.5) is 0 Å². The Balaban J connectivity index is 2.38. The first-order chi connectivity index (χ1) is 8.66. The zero-order valence-electron chi connectivity index (χ0n) is 10.1. The van der Waals surface area contributed by atoms with Crippen LogP contribution >= 0.6 is 0 Å². The minimum Gasteiger partial charge on any atom is -0.493 e. The van der Waals surface area contributed by atoms with Crippen molar-refractivity contribution in [1.29, 1.82) is 0 Å². The maximum absolute atomic E-state index is 9.62. The number of pyridine rings is 2. The maximum atomic E-state index is 9.62. The Morgan fingerprint density at radius 2 is 2.06 bits per heavy atom. The van der Waals surface area contributed by atoms with Gasteiger partial charge in [0, 0.05) is 17.6 Å². The molecule has 3 aromatic heterocycles. The van der Waals surface area contributed by atoms with Crippen molar-refractivity contribution >= 4 is 11.0 Å². The quantitative estimate of drug-likeness (QED) is 0.707. The second kappa shape index (κ2) is 3.80. The van der Waals surface area contributed by atoms with E-state index in [4.69, 9.17) is 0 Å². The maximum Gasteiger partial charge on any atom is 0.213 e. The minimum absolute atomic E-state index is 0.00270. The molecule has 0 aliphatic rings. The number of nitrogens with zero attached hydrogens (tertiary/aromatic N) is 4. The van der Waals surface area contributed by atoms with Gasteiger partial charge in [0.05, 0.1) is 5.69 Å². The molecule has 0 aliphatic carbocycles. The summed E-state index contributed by atoms with van der Waals surface area (Å²) < 4.78 is 1.65. The molecule has 3 heterocycles. The molecule has 0 fully saturated rings. The van der Waals surface area contributed by atoms with E-state index in [0.29, 0.717) is 11.5 Å². The highest BCUT2D eigenvalue weighted by Crippen LogP contribution is 2.25. The van der Waals surface area contributed by atoms with Crippen molar-refractivity contribution in [1.82, 2.24) is 19.7 Å². The summed E-state index contributed by atoms with van der Waals surface area (Å²) in [4.78, 5) is 8.40. The number of hydrogen-bond donors (Lipinski definition) is 1. The van der Waals surface area contributed by atoms with Gasteiger partial charge >= 0.3 is 0 Å². The van der Waals surface area contributed by atoms with Crippen LogP contribution in [0.5, 0.6) is 5.88 Å². The van der Waals surface area contributed by atoms with E-state index in [1.54, 1.807) is 16.9 Å². The van der Waals surface area contributed by atoms with Gasteiger partial charge in [-0.1, -0.05) is 6.07 Å². The van der Waals surface area contributed by atoms with E-state index in [-0.39, 0.29) is 5.88 Å². The molecular formula is C13H12N4O. The fourth-order valence-corrected chi connectivity index (χ4v) is 2.13. The summed E-state index contributed by atoms with van der Waals surface area (Å²) in [5, 5.41) is 15.0. The average Bonchev–Trinajstić information content (AvgIpc) is 2.67. The molecule has 0 atom stereocenters. The third kappa shape index (κ3) is 1.52. The van der Waals surface area contributed by atoms with Gasteiger partial charge in [0.1, 0.15) is 0 Å². The average molecular weight is 240 g/mol. The molecule has 3 rings (SSSR count). The van der Waals surface area contributed by atoms with Crippen molar-refractivity contribution < 1.29 is 5.11 Å². The second-order valence-corrected chi connectivity index (χ2v) is 4.18. The molecule has 0 spiro atoms. The number of rotatable bonds is 1. The number of hydrogen-bond acceptors (Lipinski definition) is 4. The highest BCUT2D eigenvalue weighted by atomic mass is 16.3. The van der Waals surface area contributed by atoms with Gasteiger partial charge in [-0.05, 0) is 31.5 Å². The third-order valence-corrected chi connectivity index (χ3v) is 2.86. The molecule has 0 aliphatic heterocycles. The first kappa shape index (κ1) is 10.7. The highest BCUT2D eigenvalue weighted by molar-refractivity contribution is 5.83. The largest absolute Gasteiger partial charge is 0.493 e. The summed E-state index contributed by atoms with van der Waals surface area (Å²) in [5.74, 6) is 0.685. The molecule has 0 saturated carbocycles. The Labute approximate surface area is 104 Å². The normalized spacial score (nSPS) is 11.0. The van der Waals surface area contributed by atoms with Crippen molar-refractivity contribution in [3.05, 3.63) is 41.7 Å². The van der Waals surface area contributed by atoms with Gasteiger partial charge in [-0.25, -0.2) is 4.98 Å². The van der Waals surface area contributed by atoms with Crippen LogP contribution in [0.3, 0.4) is 0 Å². The Hall–Kier alpha value is -2.43. The summed E-state index contributed by atoms with van der Waals surface area (Å²) in [6.45, 7) is 3.86. The number of fused-ring (bicyclic) bond motifs is 1. The topological polar surface area (TPSA) is 63.8 Å². The predicted molar refractivity (Wildman–Crippen MR) is 67.8 cm³/mol. The van der Waals surface area contributed by atoms with Crippen LogP contribution in [0.15, 0.2) is 30.5 Å². The highest BCUT2D eigenvalue weighted by Gasteiger charge is 2.14. The van der Waals surface area contributed by atoms with E-state index in [1.165, 1.54) is 0 Å². The van der Waals surface area contributed by atoms with Gasteiger partial charge in [-0.2, -0.15) is 14.8 Å². The van der Waals surface area contributed by atoms with Crippen LogP contribution in [0, 0.1) is 13.8 Å². The Morgan fingerprint density at radius 1 is 1.22 bits per heavy atom. The zero-order valence-corrected chi connectivity index (χ0v) is 10.1. The monoisotopic (exact) mass is 240 g/mol. The van der Waals surface area contributed by atoms with Gasteiger partial charge in [-0.15, -0.1) is 0 Å². The summed E-state index contributed by atoms with van der Waals surface area (Å²) in [5.41, 5.74) is 2.46. The van der Waals surface area contributed by atoms with Gasteiger partial charge in [0.15, 0.2) is 11.5 Å². The lowest BCUT2D eigenvalue weighted by Crippen LogP contribution is -2.00. The van der Waals surface area contributed by atoms with E-state index in [2.05, 4.69) is 15.1 Å². The molecule has 5 heteroatoms. The van der Waals surface area contributed by atoms with E-state index in [1.807, 2.05) is 32.0 Å². The van der Waals surface area contributed by atoms with E-state index >= 15 is 0 Å². The molecule has 0 unspecified atom stereocenters. The van der Waals surface area contributed by atoms with Crippen molar-refractivity contribution in [2.45, 2.75) is 13.8 Å². The second-order valence-electron chi connectivity index (χ2n) is 4.18. The van der Waals surface area contributed by atoms with Crippen LogP contribution in [0.2, 0.25) is 0 Å². The molecule has 0 bridgehead atoms. The van der Waals surface area contributed by atoms with Gasteiger partial charge in [0.25, 0.3) is 0 Å². The van der Waals surface area contributed by atoms with Crippen LogP contribution in [-0.2, 0) is 0 Å². The summed E-state index contributed by atoms with van der Waals surface area (Å²) >= 11 is 0. The molecule has 1 N–H and O–H groups in total. The Bertz CT molecular complexity index is 719. The van der Waals surface area contributed by atoms with E-state index in [0.717, 1.165) is 16.6 Å². The van der Waals surface area contributed by atoms with Crippen molar-refractivity contribution in [3.63, 3.8) is 0 Å². The third-order valence-electron chi connectivity index (χ3n) is 2.86. The molecule has 0 radical (unpaired) electrons. The van der Waals surface area contributed by atoms with Crippen LogP contribution in [0.25, 0.3) is 16.9 Å². The molecule has 5 nitrogen and oxygen atoms in total. The van der Waals surface area contributed by atoms with Crippen LogP contribution < -0.4 is 0 Å². The van der Waals surface area contributed by atoms with Gasteiger partial charge < -0.3 is 5.11 Å². The molecule has 0 aromatic carbocycles. The van der Waals surface area contributed by atoms with Crippen molar-refractivity contribution in [2.75, 3.05) is 0 Å². The molecule has 3 aromatic rings. The smallest absolute Gasteiger partial charge is 0.213 e. The summed E-state index contributed by atoms with van der Waals surface area (Å²) in [6.07, 6.45) is 1.70. The molecular weight excluding hydrogens is 228 g/mol. The lowest BCUT2D eigenvalue weighted by Gasteiger charge is -2.02. The molecule has 90 valence electrons. The fraction of sp³-hybridized carbons (Fsp3) is 0.154. The van der Waals surface area contributed by atoms with E-state index < -0.39 is 0 Å². The number of aromatic hydroxyl groups is 1. The minimum atomic E-state index is -0.00270. The summed E-state index contributed by atoms with van der Waals surface area (Å²) in [6, 6.07) is 7.23. The van der Waals surface area contributed by atoms with Gasteiger partial charge in [0.2, 0.25) is 5.88 Å². The summed E-state index contributed by atoms with van der Waals surface area (Å²) in [7, 11) is 0. The van der Waals surface area contributed by atoms with Crippen LogP contribution in [0.1, 0.15) is 11.3 Å². The molecule has 0 amide bonds. The lowest BCUT2D eigenvalue weighted by atomic mass is 10.2. The SMILES string of the molecule is Cc1cc(O)nc2c1c(C)nn2-c1ccccn1. The Kier molecular flexibility index (Phi) is 2.26. The first-order valence-corrected chi connectivity index (χ1v) is 5.64. The Morgan fingerprint density at radius 3 is 2.78 bits per heavy atom. The number of aromatic nitrogens is 4. The van der Waals surface area contributed by atoms with E-state index in [9.17, 15) is 5.11 Å². The predicted octanol–water partition coefficient (Wildman–Crippen LogP) is 2.14. The van der Waals surface area contributed by atoms with Crippen molar-refractivity contribution in [3.8, 4) is 11.7 Å². The zero-order chi connectivity index (χ0) is 12.7. The first-order valence-electron chi connectivity index (χ1n) is 5.64.